The molecule has 1 aromatic heterocycles. The standard InChI is InChI=1S/C13H18F2N6O3/c1-20-6-17-3-9(20)7(16)5-24-19-11(22)8-2-13(14,15)10-4-21(8)12(23)18-10/h3,6-8,10H,2,4-5,16H2,1H3,(H,18,23)(H,19,22). The summed E-state index contributed by atoms with van der Waals surface area (Å²) < 4.78 is 29.4. The summed E-state index contributed by atoms with van der Waals surface area (Å²) in [6, 6.07) is -3.77. The van der Waals surface area contributed by atoms with Gasteiger partial charge in [0.05, 0.1) is 24.7 Å². The summed E-state index contributed by atoms with van der Waals surface area (Å²) in [6.45, 7) is -0.276. The zero-order valence-corrected chi connectivity index (χ0v) is 12.9. The van der Waals surface area contributed by atoms with E-state index in [4.69, 9.17) is 10.6 Å². The molecule has 3 unspecified atom stereocenters. The van der Waals surface area contributed by atoms with Gasteiger partial charge in [0, 0.05) is 26.2 Å². The van der Waals surface area contributed by atoms with Crippen molar-refractivity contribution in [2.24, 2.45) is 12.8 Å². The molecule has 2 bridgehead atoms. The molecule has 11 heteroatoms. The maximum absolute atomic E-state index is 13.9. The number of amides is 3. The van der Waals surface area contributed by atoms with Gasteiger partial charge < -0.3 is 20.5 Å². The van der Waals surface area contributed by atoms with Crippen LogP contribution in [0.2, 0.25) is 0 Å². The van der Waals surface area contributed by atoms with Crippen LogP contribution < -0.4 is 16.5 Å². The number of nitrogens with one attached hydrogen (secondary N) is 2. The Morgan fingerprint density at radius 3 is 3.08 bits per heavy atom. The van der Waals surface area contributed by atoms with Crippen LogP contribution in [0.15, 0.2) is 12.5 Å². The highest BCUT2D eigenvalue weighted by atomic mass is 19.3. The fourth-order valence-electron chi connectivity index (χ4n) is 2.89. The average molecular weight is 344 g/mol. The first kappa shape index (κ1) is 16.6. The molecule has 4 N–H and O–H groups in total. The number of urea groups is 1. The normalized spacial score (nSPS) is 26.2. The van der Waals surface area contributed by atoms with Gasteiger partial charge in [-0.1, -0.05) is 0 Å². The van der Waals surface area contributed by atoms with Crippen molar-refractivity contribution in [1.29, 1.82) is 0 Å². The molecule has 0 spiro atoms. The minimum absolute atomic E-state index is 0.0663. The Hall–Kier alpha value is -2.27. The van der Waals surface area contributed by atoms with E-state index in [2.05, 4.69) is 15.8 Å². The number of aromatic nitrogens is 2. The summed E-state index contributed by atoms with van der Waals surface area (Å²) in [7, 11) is 1.76. The second kappa shape index (κ2) is 5.98. The van der Waals surface area contributed by atoms with Crippen LogP contribution in [0, 0.1) is 0 Å². The number of hydrogen-bond donors (Lipinski definition) is 3. The monoisotopic (exact) mass is 344 g/mol. The summed E-state index contributed by atoms with van der Waals surface area (Å²) in [5.41, 5.74) is 8.69. The largest absolute Gasteiger partial charge is 0.336 e. The Balaban J connectivity index is 1.55. The molecule has 3 atom stereocenters. The first-order valence-corrected chi connectivity index (χ1v) is 7.38. The summed E-state index contributed by atoms with van der Waals surface area (Å²) in [6.07, 6.45) is 2.38. The van der Waals surface area contributed by atoms with E-state index in [1.54, 1.807) is 24.1 Å². The number of carbonyl (C=O) groups is 2. The van der Waals surface area contributed by atoms with Gasteiger partial charge >= 0.3 is 6.03 Å². The maximum Gasteiger partial charge on any atom is 0.318 e. The molecule has 1 aromatic rings. The molecule has 2 aliphatic rings. The minimum Gasteiger partial charge on any atom is -0.336 e. The molecular weight excluding hydrogens is 326 g/mol. The highest BCUT2D eigenvalue weighted by Crippen LogP contribution is 2.35. The van der Waals surface area contributed by atoms with Gasteiger partial charge in [0.15, 0.2) is 0 Å². The van der Waals surface area contributed by atoms with Gasteiger partial charge in [0.25, 0.3) is 11.8 Å². The quantitative estimate of drug-likeness (QED) is 0.609. The number of nitrogens with two attached hydrogens (primary N) is 1. The zero-order valence-electron chi connectivity index (χ0n) is 12.9. The number of hydroxylamine groups is 1. The van der Waals surface area contributed by atoms with Crippen molar-refractivity contribution in [2.75, 3.05) is 13.2 Å². The second-order valence-electron chi connectivity index (χ2n) is 5.95. The molecule has 3 amide bonds. The Kier molecular flexibility index (Phi) is 4.13. The van der Waals surface area contributed by atoms with E-state index < -0.39 is 42.4 Å². The van der Waals surface area contributed by atoms with E-state index in [1.807, 2.05) is 0 Å². The van der Waals surface area contributed by atoms with Crippen LogP contribution in [0.3, 0.4) is 0 Å². The van der Waals surface area contributed by atoms with Crippen molar-refractivity contribution in [1.82, 2.24) is 25.2 Å². The van der Waals surface area contributed by atoms with Gasteiger partial charge in [-0.25, -0.2) is 24.0 Å². The van der Waals surface area contributed by atoms with Crippen molar-refractivity contribution < 1.29 is 23.2 Å². The molecule has 2 saturated heterocycles. The van der Waals surface area contributed by atoms with Crippen molar-refractivity contribution >= 4 is 11.9 Å². The van der Waals surface area contributed by atoms with E-state index >= 15 is 0 Å². The number of hydrogen-bond acceptors (Lipinski definition) is 5. The van der Waals surface area contributed by atoms with E-state index in [0.717, 1.165) is 4.90 Å². The van der Waals surface area contributed by atoms with Crippen molar-refractivity contribution in [3.05, 3.63) is 18.2 Å². The third-order valence-electron chi connectivity index (χ3n) is 4.26. The maximum atomic E-state index is 13.9. The first-order valence-electron chi connectivity index (χ1n) is 7.38. The average Bonchev–Trinajstić information content (AvgIpc) is 3.08. The number of rotatable bonds is 5. The van der Waals surface area contributed by atoms with Crippen LogP contribution in [0.25, 0.3) is 0 Å². The Bertz CT molecular complexity index is 651. The number of aryl methyl sites for hydroxylation is 1. The van der Waals surface area contributed by atoms with E-state index in [1.165, 1.54) is 0 Å². The topological polar surface area (TPSA) is 115 Å². The molecule has 0 aliphatic carbocycles. The lowest BCUT2D eigenvalue weighted by atomic mass is 9.96. The second-order valence-corrected chi connectivity index (χ2v) is 5.95. The summed E-state index contributed by atoms with van der Waals surface area (Å²) >= 11 is 0. The fourth-order valence-corrected chi connectivity index (χ4v) is 2.89. The fraction of sp³-hybridized carbons (Fsp3) is 0.615. The Morgan fingerprint density at radius 2 is 2.42 bits per heavy atom. The molecule has 2 fully saturated rings. The lowest BCUT2D eigenvalue weighted by Crippen LogP contribution is -2.56. The van der Waals surface area contributed by atoms with Crippen LogP contribution in [0.4, 0.5) is 13.6 Å². The number of alkyl halides is 2. The zero-order chi connectivity index (χ0) is 17.5. The highest BCUT2D eigenvalue weighted by molar-refractivity contribution is 5.88. The predicted octanol–water partition coefficient (Wildman–Crippen LogP) is -0.731. The van der Waals surface area contributed by atoms with Gasteiger partial charge in [-0.05, 0) is 0 Å². The third-order valence-corrected chi connectivity index (χ3v) is 4.26. The van der Waals surface area contributed by atoms with Crippen LogP contribution in [0.1, 0.15) is 18.2 Å². The first-order chi connectivity index (χ1) is 11.3. The minimum atomic E-state index is -3.14. The van der Waals surface area contributed by atoms with Crippen LogP contribution in [-0.4, -0.2) is 57.5 Å². The van der Waals surface area contributed by atoms with E-state index in [-0.39, 0.29) is 13.2 Å². The van der Waals surface area contributed by atoms with Crippen molar-refractivity contribution in [3.63, 3.8) is 0 Å². The summed E-state index contributed by atoms with van der Waals surface area (Å²) in [5.74, 6) is -3.95. The van der Waals surface area contributed by atoms with Gasteiger partial charge in [-0.3, -0.25) is 9.63 Å². The Labute approximate surface area is 136 Å². The van der Waals surface area contributed by atoms with Gasteiger partial charge in [0.1, 0.15) is 12.1 Å². The smallest absolute Gasteiger partial charge is 0.318 e. The molecule has 132 valence electrons. The van der Waals surface area contributed by atoms with Crippen molar-refractivity contribution in [3.8, 4) is 0 Å². The third kappa shape index (κ3) is 2.91. The van der Waals surface area contributed by atoms with Gasteiger partial charge in [-0.15, -0.1) is 0 Å². The van der Waals surface area contributed by atoms with E-state index in [0.29, 0.717) is 5.69 Å². The SMILES string of the molecule is Cn1cncc1C(N)CONC(=O)C1CC(F)(F)C2CN1C(=O)N2. The van der Waals surface area contributed by atoms with Gasteiger partial charge in [0.2, 0.25) is 0 Å². The molecule has 3 rings (SSSR count). The highest BCUT2D eigenvalue weighted by Gasteiger charge is 2.56. The predicted molar refractivity (Wildman–Crippen MR) is 76.6 cm³/mol. The molecule has 0 aromatic carbocycles. The Morgan fingerprint density at radius 1 is 1.67 bits per heavy atom. The number of nitrogens with zero attached hydrogens (tertiary/aromatic N) is 3. The summed E-state index contributed by atoms with van der Waals surface area (Å²) in [5, 5.41) is 2.18. The summed E-state index contributed by atoms with van der Waals surface area (Å²) in [4.78, 5) is 33.8. The molecule has 2 aliphatic heterocycles. The number of piperidine rings is 1. The van der Waals surface area contributed by atoms with Crippen molar-refractivity contribution in [2.45, 2.75) is 30.5 Å². The number of halogens is 2. The lowest BCUT2D eigenvalue weighted by Gasteiger charge is -2.34. The number of fused-ring (bicyclic) bond motifs is 2. The molecule has 9 nitrogen and oxygen atoms in total. The molecule has 24 heavy (non-hydrogen) atoms. The molecule has 3 heterocycles. The van der Waals surface area contributed by atoms with E-state index in [9.17, 15) is 18.4 Å². The van der Waals surface area contributed by atoms with Gasteiger partial charge in [-0.2, -0.15) is 0 Å². The van der Waals surface area contributed by atoms with Crippen LogP contribution in [-0.2, 0) is 16.7 Å². The lowest BCUT2D eigenvalue weighted by molar-refractivity contribution is -0.146. The van der Waals surface area contributed by atoms with Crippen LogP contribution in [0.5, 0.6) is 0 Å². The molecule has 0 radical (unpaired) electrons. The molecule has 0 saturated carbocycles. The van der Waals surface area contributed by atoms with Crippen LogP contribution >= 0.6 is 0 Å². The number of carbonyl (C=O) groups excluding carboxylic acids is 2. The number of imidazole rings is 1. The molecular formula is C13H18F2N6O3.